The molecule has 0 saturated heterocycles. The number of nitrogens with one attached hydrogen (secondary N) is 1. The molecule has 1 fully saturated rings. The maximum Gasteiger partial charge on any atom is 0.234 e. The molecule has 2 N–H and O–H groups in total. The summed E-state index contributed by atoms with van der Waals surface area (Å²) in [7, 11) is 0. The van der Waals surface area contributed by atoms with Crippen LogP contribution in [0.2, 0.25) is 0 Å². The number of rotatable bonds is 6. The van der Waals surface area contributed by atoms with E-state index >= 15 is 0 Å². The minimum absolute atomic E-state index is 0.0343. The molecule has 0 atom stereocenters. The normalized spacial score (nSPS) is 15.5. The molecule has 2 heterocycles. The number of fused-ring (bicyclic) bond motifs is 1. The number of ether oxygens (including phenoxy) is 2. The lowest BCUT2D eigenvalue weighted by Gasteiger charge is -2.09. The fourth-order valence-corrected chi connectivity index (χ4v) is 3.49. The van der Waals surface area contributed by atoms with Crippen LogP contribution in [0.5, 0.6) is 11.5 Å². The highest BCUT2D eigenvalue weighted by atomic mass is 32.2. The smallest absolute Gasteiger partial charge is 0.234 e. The number of aliphatic hydroxyl groups excluding tert-OH is 1. The molecule has 126 valence electrons. The number of aliphatic hydroxyl groups is 1. The van der Waals surface area contributed by atoms with Crippen molar-refractivity contribution in [1.29, 1.82) is 0 Å². The zero-order chi connectivity index (χ0) is 16.5. The summed E-state index contributed by atoms with van der Waals surface area (Å²) in [5.41, 5.74) is 1.47. The highest BCUT2D eigenvalue weighted by Crippen LogP contribution is 2.39. The second-order valence-corrected chi connectivity index (χ2v) is 6.64. The average Bonchev–Trinajstić information content (AvgIpc) is 3.17. The van der Waals surface area contributed by atoms with Gasteiger partial charge in [-0.05, 0) is 25.0 Å². The van der Waals surface area contributed by atoms with Crippen molar-refractivity contribution in [3.63, 3.8) is 0 Å². The lowest BCUT2D eigenvalue weighted by molar-refractivity contribution is -0.113. The third kappa shape index (κ3) is 3.07. The lowest BCUT2D eigenvalue weighted by atomic mass is 10.3. The van der Waals surface area contributed by atoms with E-state index in [0.717, 1.165) is 23.7 Å². The number of benzene rings is 1. The van der Waals surface area contributed by atoms with Crippen LogP contribution >= 0.6 is 11.8 Å². The van der Waals surface area contributed by atoms with Gasteiger partial charge in [-0.25, -0.2) is 4.98 Å². The van der Waals surface area contributed by atoms with Crippen molar-refractivity contribution < 1.29 is 19.4 Å². The van der Waals surface area contributed by atoms with Gasteiger partial charge in [0, 0.05) is 17.8 Å². The van der Waals surface area contributed by atoms with E-state index in [9.17, 15) is 9.90 Å². The van der Waals surface area contributed by atoms with Crippen LogP contribution in [0.3, 0.4) is 0 Å². The number of nitrogens with zero attached hydrogens (tertiary/aromatic N) is 2. The molecular formula is C16H17N3O4S. The molecule has 4 rings (SSSR count). The molecule has 0 radical (unpaired) electrons. The van der Waals surface area contributed by atoms with Crippen molar-refractivity contribution in [2.75, 3.05) is 17.9 Å². The summed E-state index contributed by atoms with van der Waals surface area (Å²) in [6, 6.07) is 5.72. The van der Waals surface area contributed by atoms with Gasteiger partial charge in [-0.15, -0.1) is 0 Å². The summed E-state index contributed by atoms with van der Waals surface area (Å²) in [5, 5.41) is 13.0. The van der Waals surface area contributed by atoms with Crippen LogP contribution in [0.4, 0.5) is 5.69 Å². The molecule has 1 amide bonds. The van der Waals surface area contributed by atoms with Crippen LogP contribution < -0.4 is 14.8 Å². The fourth-order valence-electron chi connectivity index (χ4n) is 2.63. The molecule has 1 aromatic heterocycles. The Morgan fingerprint density at radius 2 is 2.21 bits per heavy atom. The number of hydrogen-bond donors (Lipinski definition) is 2. The molecule has 2 aliphatic rings. The van der Waals surface area contributed by atoms with E-state index in [1.165, 1.54) is 11.8 Å². The monoisotopic (exact) mass is 347 g/mol. The number of amides is 1. The molecule has 1 aliphatic heterocycles. The number of anilines is 1. The van der Waals surface area contributed by atoms with Crippen molar-refractivity contribution in [3.8, 4) is 11.5 Å². The van der Waals surface area contributed by atoms with E-state index in [-0.39, 0.29) is 25.1 Å². The number of carbonyl (C=O) groups is 1. The Bertz CT molecular complexity index is 773. The Morgan fingerprint density at radius 3 is 3.00 bits per heavy atom. The Morgan fingerprint density at radius 1 is 1.38 bits per heavy atom. The number of carbonyl (C=O) groups excluding carboxylic acids is 1. The Hall–Kier alpha value is -2.19. The van der Waals surface area contributed by atoms with Crippen LogP contribution in [0.15, 0.2) is 29.6 Å². The van der Waals surface area contributed by atoms with Crippen molar-refractivity contribution in [3.05, 3.63) is 30.1 Å². The molecule has 0 unspecified atom stereocenters. The minimum atomic E-state index is -0.116. The van der Waals surface area contributed by atoms with Gasteiger partial charge in [0.05, 0.1) is 24.3 Å². The molecule has 1 aromatic carbocycles. The van der Waals surface area contributed by atoms with Gasteiger partial charge in [0.1, 0.15) is 0 Å². The molecule has 24 heavy (non-hydrogen) atoms. The predicted octanol–water partition coefficient (Wildman–Crippen LogP) is 2.17. The first-order valence-electron chi connectivity index (χ1n) is 7.74. The van der Waals surface area contributed by atoms with Crippen LogP contribution in [-0.4, -0.2) is 33.1 Å². The molecule has 2 aromatic rings. The van der Waals surface area contributed by atoms with Gasteiger partial charge in [0.2, 0.25) is 12.7 Å². The molecule has 8 heteroatoms. The Balaban J connectivity index is 1.38. The van der Waals surface area contributed by atoms with Crippen LogP contribution in [0, 0.1) is 0 Å². The molecule has 7 nitrogen and oxygen atoms in total. The first kappa shape index (κ1) is 15.3. The topological polar surface area (TPSA) is 85.6 Å². The minimum Gasteiger partial charge on any atom is -0.454 e. The van der Waals surface area contributed by atoms with E-state index in [1.54, 1.807) is 24.4 Å². The SMILES string of the molecule is O=C(CSc1ncc(CO)n1C1CC1)Nc1ccc2c(c1)OCO2. The van der Waals surface area contributed by atoms with Crippen molar-refractivity contribution >= 4 is 23.4 Å². The van der Waals surface area contributed by atoms with Gasteiger partial charge in [0.25, 0.3) is 0 Å². The summed E-state index contributed by atoms with van der Waals surface area (Å²) in [5.74, 6) is 1.46. The van der Waals surface area contributed by atoms with E-state index in [0.29, 0.717) is 23.2 Å². The second kappa shape index (κ2) is 6.37. The third-order valence-corrected chi connectivity index (χ3v) is 4.87. The van der Waals surface area contributed by atoms with Gasteiger partial charge in [-0.3, -0.25) is 4.79 Å². The summed E-state index contributed by atoms with van der Waals surface area (Å²) in [6.45, 7) is 0.174. The van der Waals surface area contributed by atoms with Gasteiger partial charge < -0.3 is 24.5 Å². The maximum atomic E-state index is 12.2. The third-order valence-electron chi connectivity index (χ3n) is 3.90. The number of thioether (sulfide) groups is 1. The zero-order valence-electron chi connectivity index (χ0n) is 12.9. The van der Waals surface area contributed by atoms with E-state index < -0.39 is 0 Å². The number of aromatic nitrogens is 2. The summed E-state index contributed by atoms with van der Waals surface area (Å²) in [6.07, 6.45) is 3.87. The van der Waals surface area contributed by atoms with Crippen molar-refractivity contribution in [1.82, 2.24) is 9.55 Å². The lowest BCUT2D eigenvalue weighted by Crippen LogP contribution is -2.14. The number of imidazole rings is 1. The largest absolute Gasteiger partial charge is 0.454 e. The van der Waals surface area contributed by atoms with Gasteiger partial charge in [-0.1, -0.05) is 11.8 Å². The molecule has 0 bridgehead atoms. The highest BCUT2D eigenvalue weighted by Gasteiger charge is 2.28. The van der Waals surface area contributed by atoms with Crippen LogP contribution in [0.1, 0.15) is 24.6 Å². The van der Waals surface area contributed by atoms with E-state index in [4.69, 9.17) is 9.47 Å². The molecular weight excluding hydrogens is 330 g/mol. The zero-order valence-corrected chi connectivity index (χ0v) is 13.7. The summed E-state index contributed by atoms with van der Waals surface area (Å²) < 4.78 is 12.6. The van der Waals surface area contributed by atoms with E-state index in [1.807, 2.05) is 4.57 Å². The van der Waals surface area contributed by atoms with Crippen LogP contribution in [-0.2, 0) is 11.4 Å². The predicted molar refractivity (Wildman–Crippen MR) is 88.3 cm³/mol. The molecule has 1 aliphatic carbocycles. The van der Waals surface area contributed by atoms with Crippen LogP contribution in [0.25, 0.3) is 0 Å². The maximum absolute atomic E-state index is 12.2. The fraction of sp³-hybridized carbons (Fsp3) is 0.375. The Kier molecular flexibility index (Phi) is 4.07. The van der Waals surface area contributed by atoms with Crippen molar-refractivity contribution in [2.45, 2.75) is 30.6 Å². The highest BCUT2D eigenvalue weighted by molar-refractivity contribution is 7.99. The molecule has 0 spiro atoms. The van der Waals surface area contributed by atoms with E-state index in [2.05, 4.69) is 10.3 Å². The first-order chi connectivity index (χ1) is 11.7. The van der Waals surface area contributed by atoms with Gasteiger partial charge in [-0.2, -0.15) is 0 Å². The summed E-state index contributed by atoms with van der Waals surface area (Å²) >= 11 is 1.38. The van der Waals surface area contributed by atoms with Gasteiger partial charge in [0.15, 0.2) is 16.7 Å². The van der Waals surface area contributed by atoms with Crippen molar-refractivity contribution in [2.24, 2.45) is 0 Å². The Labute approximate surface area is 143 Å². The quantitative estimate of drug-likeness (QED) is 0.779. The first-order valence-corrected chi connectivity index (χ1v) is 8.72. The average molecular weight is 347 g/mol. The molecule has 1 saturated carbocycles. The second-order valence-electron chi connectivity index (χ2n) is 5.70. The standard InChI is InChI=1S/C16H17N3O4S/c20-7-12-6-17-16(19(12)11-2-3-11)24-8-15(21)18-10-1-4-13-14(5-10)23-9-22-13/h1,4-6,11,20H,2-3,7-9H2,(H,18,21). The number of hydrogen-bond acceptors (Lipinski definition) is 6. The van der Waals surface area contributed by atoms with Gasteiger partial charge >= 0.3 is 0 Å². The summed E-state index contributed by atoms with van der Waals surface area (Å²) in [4.78, 5) is 16.5.